The first-order valence-electron chi connectivity index (χ1n) is 31.0. The summed E-state index contributed by atoms with van der Waals surface area (Å²) >= 11 is 3.44. The quantitative estimate of drug-likeness (QED) is 0.135. The van der Waals surface area contributed by atoms with Crippen molar-refractivity contribution in [3.05, 3.63) is 327 Å². The molecule has 6 nitrogen and oxygen atoms in total. The summed E-state index contributed by atoms with van der Waals surface area (Å²) in [5, 5.41) is 27.8. The molecule has 0 saturated carbocycles. The Morgan fingerprint density at radius 3 is 1.11 bits per heavy atom. The van der Waals surface area contributed by atoms with Gasteiger partial charge in [-0.15, -0.1) is 22.7 Å². The van der Waals surface area contributed by atoms with Crippen LogP contribution in [0.3, 0.4) is 0 Å². The maximum atomic E-state index is 10.1. The third-order valence-corrected chi connectivity index (χ3v) is 19.6. The van der Waals surface area contributed by atoms with Gasteiger partial charge >= 0.3 is 0 Å². The van der Waals surface area contributed by atoms with E-state index < -0.39 is 0 Å². The molecular weight excluding hydrogens is 1180 g/mol. The molecule has 0 aliphatic carbocycles. The van der Waals surface area contributed by atoms with Crippen LogP contribution in [-0.2, 0) is 0 Å². The molecule has 438 valence electrons. The van der Waals surface area contributed by atoms with E-state index in [-0.39, 0.29) is 0 Å². The van der Waals surface area contributed by atoms with E-state index in [1.54, 1.807) is 28.9 Å². The van der Waals surface area contributed by atoms with Gasteiger partial charge in [-0.3, -0.25) is 9.97 Å². The normalized spacial score (nSPS) is 11.2. The van der Waals surface area contributed by atoms with Gasteiger partial charge in [0.05, 0.1) is 54.9 Å². The zero-order chi connectivity index (χ0) is 62.9. The Labute approximate surface area is 551 Å². The van der Waals surface area contributed by atoms with Gasteiger partial charge in [0.25, 0.3) is 0 Å². The highest BCUT2D eigenvalue weighted by molar-refractivity contribution is 7.22. The molecule has 0 spiro atoms. The van der Waals surface area contributed by atoms with Gasteiger partial charge < -0.3 is 0 Å². The molecule has 0 saturated heterocycles. The van der Waals surface area contributed by atoms with Gasteiger partial charge in [0.1, 0.15) is 10.0 Å². The highest BCUT2D eigenvalue weighted by atomic mass is 32.1. The molecule has 0 aliphatic heterocycles. The van der Waals surface area contributed by atoms with Crippen LogP contribution in [0.5, 0.6) is 0 Å². The third-order valence-electron chi connectivity index (χ3n) is 17.4. The summed E-state index contributed by atoms with van der Waals surface area (Å²) in [6, 6.07) is 110. The van der Waals surface area contributed by atoms with Crippen molar-refractivity contribution < 1.29 is 0 Å². The van der Waals surface area contributed by atoms with Gasteiger partial charge in [-0.1, -0.05) is 224 Å². The van der Waals surface area contributed by atoms with Crippen LogP contribution in [0.25, 0.3) is 163 Å². The number of aromatic nitrogens is 4. The van der Waals surface area contributed by atoms with Gasteiger partial charge in [-0.05, 0) is 173 Å². The van der Waals surface area contributed by atoms with E-state index in [0.717, 1.165) is 132 Å². The van der Waals surface area contributed by atoms with E-state index in [4.69, 9.17) is 9.97 Å². The zero-order valence-corrected chi connectivity index (χ0v) is 52.2. The first-order valence-corrected chi connectivity index (χ1v) is 32.6. The Hall–Kier alpha value is -12.3. The third kappa shape index (κ3) is 11.1. The molecule has 4 heterocycles. The Kier molecular flexibility index (Phi) is 15.0. The number of thiazole rings is 2. The minimum Gasteiger partial charge on any atom is -0.256 e. The Balaban J connectivity index is 0.000000149. The van der Waals surface area contributed by atoms with Crippen LogP contribution in [0.4, 0.5) is 0 Å². The molecule has 17 aromatic rings. The maximum absolute atomic E-state index is 10.1. The minimum absolute atomic E-state index is 0.633. The molecule has 0 aliphatic rings. The smallest absolute Gasteiger partial charge is 0.124 e. The predicted octanol–water partition coefficient (Wildman–Crippen LogP) is 23.3. The number of para-hydroxylation sites is 3. The second-order valence-corrected chi connectivity index (χ2v) is 25.2. The molecule has 13 aromatic carbocycles. The highest BCUT2D eigenvalue weighted by Gasteiger charge is 2.17. The van der Waals surface area contributed by atoms with Crippen LogP contribution in [-0.4, -0.2) is 19.9 Å². The van der Waals surface area contributed by atoms with Gasteiger partial charge in [-0.25, -0.2) is 9.97 Å². The van der Waals surface area contributed by atoms with Crippen molar-refractivity contribution in [1.82, 2.24) is 19.9 Å². The van der Waals surface area contributed by atoms with Crippen LogP contribution in [0.2, 0.25) is 0 Å². The molecule has 8 heteroatoms. The Morgan fingerprint density at radius 2 is 0.649 bits per heavy atom. The molecule has 0 fully saturated rings. The second-order valence-electron chi connectivity index (χ2n) is 23.1. The first-order chi connectivity index (χ1) is 46.4. The predicted molar refractivity (Wildman–Crippen MR) is 391 cm³/mol. The SMILES string of the molecule is N#Cc1cc(-c2ccc(-c3cccc4cccnc34)cc2)cc(-c2ccc(-c3ccc(-c4nc5ccccc5s4)cc3)c3ccccc23)c1.N#Cc1cc(-c2ccc(-c3ccccn3)cc2)cc(-c2ccc(-c3ccc(-c4nc5ccccc5s4)cc3)c3ccccc23)c1. The van der Waals surface area contributed by atoms with E-state index in [9.17, 15) is 10.5 Å². The van der Waals surface area contributed by atoms with Crippen molar-refractivity contribution in [3.63, 3.8) is 0 Å². The molecule has 0 N–H and O–H groups in total. The molecule has 0 atom stereocenters. The van der Waals surface area contributed by atoms with Crippen LogP contribution in [0.15, 0.2) is 316 Å². The number of rotatable bonds is 10. The summed E-state index contributed by atoms with van der Waals surface area (Å²) in [5.74, 6) is 0. The van der Waals surface area contributed by atoms with E-state index in [1.807, 2.05) is 66.9 Å². The standard InChI is InChI=1S/C45H27N3S.C41H25N3S/c46-28-29-25-35(30-14-16-32(17-15-30)39-11-5-7-33-8-6-24-47-44(33)39)27-36(26-29)38-23-22-37(40-9-1-2-10-41(38)40)31-18-20-34(21-19-31)45-48-42-12-3-4-13-43(42)49-45;42-26-27-23-32(28-12-16-30(17-13-28)38-9-5-6-22-43-38)25-33(24-27)35-21-20-34(36-7-1-2-8-37(35)36)29-14-18-31(19-15-29)41-44-39-10-3-4-11-40(39)45-41/h1-27H;1-25H. The topological polar surface area (TPSA) is 99.1 Å². The van der Waals surface area contributed by atoms with E-state index in [2.05, 4.69) is 265 Å². The van der Waals surface area contributed by atoms with E-state index in [0.29, 0.717) is 11.1 Å². The second kappa shape index (κ2) is 24.8. The molecule has 94 heavy (non-hydrogen) atoms. The molecule has 0 unspecified atom stereocenters. The summed E-state index contributed by atoms with van der Waals surface area (Å²) in [6.07, 6.45) is 3.65. The van der Waals surface area contributed by atoms with E-state index >= 15 is 0 Å². The van der Waals surface area contributed by atoms with Crippen molar-refractivity contribution in [2.24, 2.45) is 0 Å². The molecule has 4 aromatic heterocycles. The summed E-state index contributed by atoms with van der Waals surface area (Å²) in [4.78, 5) is 18.8. The van der Waals surface area contributed by atoms with Crippen LogP contribution < -0.4 is 0 Å². The number of hydrogen-bond acceptors (Lipinski definition) is 8. The van der Waals surface area contributed by atoms with Crippen molar-refractivity contribution >= 4 is 75.6 Å². The fraction of sp³-hybridized carbons (Fsp3) is 0. The van der Waals surface area contributed by atoms with Gasteiger partial charge in [0.2, 0.25) is 0 Å². The van der Waals surface area contributed by atoms with Crippen LogP contribution in [0.1, 0.15) is 11.1 Å². The number of nitriles is 2. The Morgan fingerprint density at radius 1 is 0.266 bits per heavy atom. The van der Waals surface area contributed by atoms with Crippen molar-refractivity contribution in [3.8, 4) is 122 Å². The molecule has 17 rings (SSSR count). The lowest BCUT2D eigenvalue weighted by atomic mass is 9.89. The number of fused-ring (bicyclic) bond motifs is 5. The summed E-state index contributed by atoms with van der Waals surface area (Å²) in [6.45, 7) is 0. The van der Waals surface area contributed by atoms with Crippen molar-refractivity contribution in [1.29, 1.82) is 10.5 Å². The molecular formula is C86H52N6S2. The monoisotopic (exact) mass is 1230 g/mol. The van der Waals surface area contributed by atoms with Gasteiger partial charge in [0.15, 0.2) is 0 Å². The lowest BCUT2D eigenvalue weighted by Crippen LogP contribution is -1.89. The Bertz CT molecular complexity index is 5730. The number of pyridine rings is 2. The average molecular weight is 1230 g/mol. The first kappa shape index (κ1) is 56.9. The van der Waals surface area contributed by atoms with Gasteiger partial charge in [-0.2, -0.15) is 10.5 Å². The van der Waals surface area contributed by atoms with Crippen molar-refractivity contribution in [2.75, 3.05) is 0 Å². The summed E-state index contributed by atoms with van der Waals surface area (Å²) in [5.41, 5.74) is 23.8. The van der Waals surface area contributed by atoms with Crippen LogP contribution in [0, 0.1) is 22.7 Å². The molecule has 0 amide bonds. The molecule has 0 radical (unpaired) electrons. The average Bonchev–Trinajstić information content (AvgIpc) is 0.987. The van der Waals surface area contributed by atoms with Crippen molar-refractivity contribution in [2.45, 2.75) is 0 Å². The summed E-state index contributed by atoms with van der Waals surface area (Å²) in [7, 11) is 0. The lowest BCUT2D eigenvalue weighted by Gasteiger charge is -2.14. The zero-order valence-electron chi connectivity index (χ0n) is 50.5. The number of benzene rings is 13. The maximum Gasteiger partial charge on any atom is 0.124 e. The van der Waals surface area contributed by atoms with Gasteiger partial charge in [0, 0.05) is 40.0 Å². The largest absolute Gasteiger partial charge is 0.256 e. The van der Waals surface area contributed by atoms with E-state index in [1.165, 1.54) is 31.3 Å². The minimum atomic E-state index is 0.633. The summed E-state index contributed by atoms with van der Waals surface area (Å²) < 4.78 is 2.39. The lowest BCUT2D eigenvalue weighted by molar-refractivity contribution is 1.33. The number of hydrogen-bond donors (Lipinski definition) is 0. The fourth-order valence-electron chi connectivity index (χ4n) is 12.8. The fourth-order valence-corrected chi connectivity index (χ4v) is 14.7. The highest BCUT2D eigenvalue weighted by Crippen LogP contribution is 2.42. The number of nitrogens with zero attached hydrogens (tertiary/aromatic N) is 6. The molecule has 0 bridgehead atoms. The van der Waals surface area contributed by atoms with Crippen LogP contribution >= 0.6 is 22.7 Å².